The Labute approximate surface area is 70.4 Å². The van der Waals surface area contributed by atoms with Crippen molar-refractivity contribution in [1.29, 1.82) is 0 Å². The SMILES string of the molecule is C=C1C(=O)C(C)=C(C)C1C(=O)O. The summed E-state index contributed by atoms with van der Waals surface area (Å²) < 4.78 is 0. The molecule has 1 aliphatic rings. The highest BCUT2D eigenvalue weighted by atomic mass is 16.4. The predicted molar refractivity (Wildman–Crippen MR) is 43.6 cm³/mol. The molecule has 1 rings (SSSR count). The van der Waals surface area contributed by atoms with E-state index in [9.17, 15) is 9.59 Å². The highest BCUT2D eigenvalue weighted by Gasteiger charge is 2.35. The molecule has 0 saturated heterocycles. The highest BCUT2D eigenvalue weighted by molar-refractivity contribution is 6.15. The number of carbonyl (C=O) groups is 2. The van der Waals surface area contributed by atoms with Gasteiger partial charge >= 0.3 is 5.97 Å². The first-order valence-electron chi connectivity index (χ1n) is 3.60. The first-order valence-corrected chi connectivity index (χ1v) is 3.60. The Hall–Kier alpha value is -1.38. The van der Waals surface area contributed by atoms with Crippen molar-refractivity contribution in [2.75, 3.05) is 0 Å². The van der Waals surface area contributed by atoms with Crippen LogP contribution in [-0.4, -0.2) is 16.9 Å². The number of carbonyl (C=O) groups excluding carboxylic acids is 1. The third-order valence-corrected chi connectivity index (χ3v) is 2.25. The van der Waals surface area contributed by atoms with E-state index in [1.807, 2.05) is 0 Å². The Bertz CT molecular complexity index is 310. The van der Waals surface area contributed by atoms with Crippen LogP contribution in [0.5, 0.6) is 0 Å². The molecule has 64 valence electrons. The number of carboxylic acid groups (broad SMARTS) is 1. The number of hydrogen-bond acceptors (Lipinski definition) is 2. The van der Waals surface area contributed by atoms with E-state index in [4.69, 9.17) is 5.11 Å². The summed E-state index contributed by atoms with van der Waals surface area (Å²) in [6.07, 6.45) is 0. The van der Waals surface area contributed by atoms with E-state index in [0.29, 0.717) is 11.1 Å². The quantitative estimate of drug-likeness (QED) is 0.595. The normalized spacial score (nSPS) is 23.7. The van der Waals surface area contributed by atoms with Gasteiger partial charge in [-0.2, -0.15) is 0 Å². The summed E-state index contributed by atoms with van der Waals surface area (Å²) in [5.74, 6) is -2.01. The molecule has 0 aliphatic heterocycles. The monoisotopic (exact) mass is 166 g/mol. The number of allylic oxidation sites excluding steroid dienone is 1. The summed E-state index contributed by atoms with van der Waals surface area (Å²) in [6, 6.07) is 0. The maximum Gasteiger partial charge on any atom is 0.315 e. The van der Waals surface area contributed by atoms with Crippen LogP contribution in [0.25, 0.3) is 0 Å². The molecular weight excluding hydrogens is 156 g/mol. The van der Waals surface area contributed by atoms with Gasteiger partial charge in [-0.15, -0.1) is 0 Å². The van der Waals surface area contributed by atoms with Crippen molar-refractivity contribution < 1.29 is 14.7 Å². The maximum absolute atomic E-state index is 11.2. The number of Topliss-reactive ketones (excluding diaryl/α,β-unsaturated/α-hetero) is 1. The van der Waals surface area contributed by atoms with Crippen molar-refractivity contribution in [3.8, 4) is 0 Å². The third-order valence-electron chi connectivity index (χ3n) is 2.25. The number of carboxylic acids is 1. The van der Waals surface area contributed by atoms with Crippen LogP contribution in [0.4, 0.5) is 0 Å². The molecule has 1 unspecified atom stereocenters. The minimum atomic E-state index is -0.997. The lowest BCUT2D eigenvalue weighted by atomic mass is 9.99. The average Bonchev–Trinajstić information content (AvgIpc) is 2.16. The van der Waals surface area contributed by atoms with Gasteiger partial charge in [0, 0.05) is 5.57 Å². The molecule has 0 amide bonds. The lowest BCUT2D eigenvalue weighted by Gasteiger charge is -2.04. The molecule has 0 heterocycles. The molecule has 3 heteroatoms. The zero-order valence-corrected chi connectivity index (χ0v) is 7.05. The van der Waals surface area contributed by atoms with Crippen LogP contribution in [0.3, 0.4) is 0 Å². The Morgan fingerprint density at radius 1 is 1.50 bits per heavy atom. The van der Waals surface area contributed by atoms with Crippen molar-refractivity contribution in [1.82, 2.24) is 0 Å². The van der Waals surface area contributed by atoms with Gasteiger partial charge in [0.2, 0.25) is 0 Å². The lowest BCUT2D eigenvalue weighted by Crippen LogP contribution is -2.15. The van der Waals surface area contributed by atoms with Gasteiger partial charge in [0.15, 0.2) is 5.78 Å². The molecule has 0 aromatic rings. The van der Waals surface area contributed by atoms with E-state index in [-0.39, 0.29) is 11.4 Å². The van der Waals surface area contributed by atoms with Gasteiger partial charge in [-0.25, -0.2) is 0 Å². The fourth-order valence-corrected chi connectivity index (χ4v) is 1.36. The van der Waals surface area contributed by atoms with Gasteiger partial charge in [-0.1, -0.05) is 6.58 Å². The van der Waals surface area contributed by atoms with Crippen LogP contribution < -0.4 is 0 Å². The van der Waals surface area contributed by atoms with E-state index >= 15 is 0 Å². The number of aliphatic carboxylic acids is 1. The molecule has 12 heavy (non-hydrogen) atoms. The molecule has 0 bridgehead atoms. The Kier molecular flexibility index (Phi) is 1.88. The molecular formula is C9H10O3. The van der Waals surface area contributed by atoms with Gasteiger partial charge < -0.3 is 5.11 Å². The third kappa shape index (κ3) is 0.978. The molecule has 0 spiro atoms. The van der Waals surface area contributed by atoms with Crippen LogP contribution in [0.1, 0.15) is 13.8 Å². The van der Waals surface area contributed by atoms with Crippen molar-refractivity contribution in [2.24, 2.45) is 5.92 Å². The summed E-state index contributed by atoms with van der Waals surface area (Å²) in [5, 5.41) is 8.74. The van der Waals surface area contributed by atoms with Crippen LogP contribution in [0.2, 0.25) is 0 Å². The second-order valence-corrected chi connectivity index (χ2v) is 2.93. The zero-order chi connectivity index (χ0) is 9.46. The first-order chi connectivity index (χ1) is 5.46. The lowest BCUT2D eigenvalue weighted by molar-refractivity contribution is -0.139. The summed E-state index contributed by atoms with van der Waals surface area (Å²) in [5.41, 5.74) is 1.31. The number of rotatable bonds is 1. The minimum absolute atomic E-state index is 0.178. The van der Waals surface area contributed by atoms with Gasteiger partial charge in [0.1, 0.15) is 5.92 Å². The molecule has 0 aromatic carbocycles. The molecule has 0 radical (unpaired) electrons. The fraction of sp³-hybridized carbons (Fsp3) is 0.333. The van der Waals surface area contributed by atoms with E-state index in [0.717, 1.165) is 0 Å². The molecule has 3 nitrogen and oxygen atoms in total. The second kappa shape index (κ2) is 2.59. The molecule has 1 N–H and O–H groups in total. The highest BCUT2D eigenvalue weighted by Crippen LogP contribution is 2.32. The van der Waals surface area contributed by atoms with Crippen molar-refractivity contribution >= 4 is 11.8 Å². The van der Waals surface area contributed by atoms with Gasteiger partial charge in [-0.05, 0) is 25.0 Å². The van der Waals surface area contributed by atoms with E-state index < -0.39 is 11.9 Å². The molecule has 0 saturated carbocycles. The molecule has 1 aliphatic carbocycles. The number of hydrogen-bond donors (Lipinski definition) is 1. The van der Waals surface area contributed by atoms with Crippen molar-refractivity contribution in [3.63, 3.8) is 0 Å². The summed E-state index contributed by atoms with van der Waals surface area (Å²) in [6.45, 7) is 6.75. The number of ketones is 1. The van der Waals surface area contributed by atoms with Crippen LogP contribution in [0.15, 0.2) is 23.3 Å². The molecule has 0 fully saturated rings. The van der Waals surface area contributed by atoms with Gasteiger partial charge in [-0.3, -0.25) is 9.59 Å². The van der Waals surface area contributed by atoms with Crippen LogP contribution in [0, 0.1) is 5.92 Å². The Morgan fingerprint density at radius 3 is 2.17 bits per heavy atom. The van der Waals surface area contributed by atoms with Crippen LogP contribution >= 0.6 is 0 Å². The minimum Gasteiger partial charge on any atom is -0.481 e. The summed E-state index contributed by atoms with van der Waals surface area (Å²) >= 11 is 0. The van der Waals surface area contributed by atoms with Gasteiger partial charge in [0.05, 0.1) is 0 Å². The fourth-order valence-electron chi connectivity index (χ4n) is 1.36. The Morgan fingerprint density at radius 2 is 2.00 bits per heavy atom. The topological polar surface area (TPSA) is 54.4 Å². The zero-order valence-electron chi connectivity index (χ0n) is 7.05. The Balaban J connectivity index is 3.16. The maximum atomic E-state index is 11.2. The van der Waals surface area contributed by atoms with E-state index in [1.165, 1.54) is 0 Å². The van der Waals surface area contributed by atoms with Crippen LogP contribution in [-0.2, 0) is 9.59 Å². The second-order valence-electron chi connectivity index (χ2n) is 2.93. The summed E-state index contributed by atoms with van der Waals surface area (Å²) in [4.78, 5) is 21.9. The smallest absolute Gasteiger partial charge is 0.315 e. The van der Waals surface area contributed by atoms with Gasteiger partial charge in [0.25, 0.3) is 0 Å². The average molecular weight is 166 g/mol. The standard InChI is InChI=1S/C9H10O3/c1-4-5(2)8(10)6(3)7(4)9(11)12/h7H,3H2,1-2H3,(H,11,12). The van der Waals surface area contributed by atoms with Crippen molar-refractivity contribution in [2.45, 2.75) is 13.8 Å². The molecule has 1 atom stereocenters. The predicted octanol–water partition coefficient (Wildman–Crippen LogP) is 1.16. The molecule has 0 aromatic heterocycles. The largest absolute Gasteiger partial charge is 0.481 e. The van der Waals surface area contributed by atoms with Crippen molar-refractivity contribution in [3.05, 3.63) is 23.3 Å². The summed E-state index contributed by atoms with van der Waals surface area (Å²) in [7, 11) is 0. The van der Waals surface area contributed by atoms with E-state index in [2.05, 4.69) is 6.58 Å². The first kappa shape index (κ1) is 8.71. The van der Waals surface area contributed by atoms with E-state index in [1.54, 1.807) is 13.8 Å².